The summed E-state index contributed by atoms with van der Waals surface area (Å²) in [5, 5.41) is 6.61. The molecule has 2 atom stereocenters. The van der Waals surface area contributed by atoms with E-state index in [0.717, 1.165) is 51.2 Å². The summed E-state index contributed by atoms with van der Waals surface area (Å²) in [5.41, 5.74) is 2.61. The van der Waals surface area contributed by atoms with E-state index in [1.807, 2.05) is 0 Å². The van der Waals surface area contributed by atoms with E-state index in [0.29, 0.717) is 0 Å². The molecule has 1 heterocycles. The third-order valence-electron chi connectivity index (χ3n) is 4.94. The van der Waals surface area contributed by atoms with Crippen LogP contribution in [0.2, 0.25) is 0 Å². The average Bonchev–Trinajstić information content (AvgIpc) is 2.55. The second-order valence-corrected chi connectivity index (χ2v) is 6.44. The fraction of sp³-hybridized carbons (Fsp3) is 0.611. The van der Waals surface area contributed by atoms with E-state index in [1.54, 1.807) is 0 Å². The predicted octanol–water partition coefficient (Wildman–Crippen LogP) is 2.61. The van der Waals surface area contributed by atoms with Gasteiger partial charge in [0, 0.05) is 6.54 Å². The van der Waals surface area contributed by atoms with Gasteiger partial charge in [0.15, 0.2) is 0 Å². The van der Waals surface area contributed by atoms with Crippen LogP contribution in [-0.4, -0.2) is 25.5 Å². The highest BCUT2D eigenvalue weighted by Crippen LogP contribution is 2.31. The molecule has 21 heavy (non-hydrogen) atoms. The van der Waals surface area contributed by atoms with Gasteiger partial charge in [-0.2, -0.15) is 0 Å². The van der Waals surface area contributed by atoms with Crippen molar-refractivity contribution in [2.24, 2.45) is 5.92 Å². The smallest absolute Gasteiger partial charge is 0.227 e. The molecule has 0 radical (unpaired) electrons. The molecule has 3 nitrogen and oxygen atoms in total. The lowest BCUT2D eigenvalue weighted by atomic mass is 9.82. The normalized spacial score (nSPS) is 25.1. The van der Waals surface area contributed by atoms with Crippen molar-refractivity contribution in [3.63, 3.8) is 0 Å². The predicted molar refractivity (Wildman–Crippen MR) is 85.3 cm³/mol. The third kappa shape index (κ3) is 3.65. The Hall–Kier alpha value is -1.35. The van der Waals surface area contributed by atoms with Crippen LogP contribution in [0.4, 0.5) is 0 Å². The van der Waals surface area contributed by atoms with Crippen LogP contribution in [0.25, 0.3) is 0 Å². The molecule has 0 aromatic heterocycles. The summed E-state index contributed by atoms with van der Waals surface area (Å²) in [6, 6.07) is 8.43. The highest BCUT2D eigenvalue weighted by Gasteiger charge is 2.25. The molecule has 2 unspecified atom stereocenters. The van der Waals surface area contributed by atoms with Crippen molar-refractivity contribution in [2.75, 3.05) is 19.6 Å². The maximum atomic E-state index is 12.5. The van der Waals surface area contributed by atoms with Crippen molar-refractivity contribution in [1.29, 1.82) is 0 Å². The Bertz CT molecular complexity index is 480. The van der Waals surface area contributed by atoms with Gasteiger partial charge in [-0.15, -0.1) is 0 Å². The Morgan fingerprint density at radius 1 is 1.24 bits per heavy atom. The first-order chi connectivity index (χ1) is 10.3. The van der Waals surface area contributed by atoms with Crippen molar-refractivity contribution in [3.8, 4) is 0 Å². The summed E-state index contributed by atoms with van der Waals surface area (Å²) in [5.74, 6) is 1.03. The van der Waals surface area contributed by atoms with Crippen LogP contribution in [0.15, 0.2) is 24.3 Å². The van der Waals surface area contributed by atoms with Gasteiger partial charge in [0.25, 0.3) is 0 Å². The first-order valence-electron chi connectivity index (χ1n) is 8.41. The molecular formula is C18H26N2O. The van der Waals surface area contributed by atoms with Gasteiger partial charge >= 0.3 is 0 Å². The second kappa shape index (κ2) is 7.08. The first kappa shape index (κ1) is 14.6. The number of hydrogen-bond acceptors (Lipinski definition) is 2. The number of amides is 1. The summed E-state index contributed by atoms with van der Waals surface area (Å²) >= 11 is 0. The molecule has 0 bridgehead atoms. The topological polar surface area (TPSA) is 41.1 Å². The maximum absolute atomic E-state index is 12.5. The lowest BCUT2D eigenvalue weighted by molar-refractivity contribution is -0.122. The van der Waals surface area contributed by atoms with Crippen LogP contribution >= 0.6 is 0 Å². The summed E-state index contributed by atoms with van der Waals surface area (Å²) < 4.78 is 0. The molecule has 1 fully saturated rings. The molecule has 1 saturated heterocycles. The van der Waals surface area contributed by atoms with Crippen molar-refractivity contribution < 1.29 is 4.79 Å². The maximum Gasteiger partial charge on any atom is 0.227 e. The number of rotatable bonds is 4. The van der Waals surface area contributed by atoms with Gasteiger partial charge in [0.2, 0.25) is 5.91 Å². The summed E-state index contributed by atoms with van der Waals surface area (Å²) in [4.78, 5) is 12.5. The molecule has 1 aliphatic carbocycles. The molecule has 1 amide bonds. The van der Waals surface area contributed by atoms with Crippen LogP contribution in [0.1, 0.15) is 49.1 Å². The SMILES string of the molecule is O=C(NCCC1CCCNC1)C1CCCc2ccccc21. The van der Waals surface area contributed by atoms with E-state index in [4.69, 9.17) is 0 Å². The molecule has 0 saturated carbocycles. The number of nitrogens with one attached hydrogen (secondary N) is 2. The number of hydrogen-bond donors (Lipinski definition) is 2. The standard InChI is InChI=1S/C18H26N2O/c21-18(20-12-10-14-5-4-11-19-13-14)17-9-3-7-15-6-1-2-8-16(15)17/h1-2,6,8,14,17,19H,3-5,7,9-13H2,(H,20,21). The zero-order chi connectivity index (χ0) is 14.5. The highest BCUT2D eigenvalue weighted by atomic mass is 16.1. The van der Waals surface area contributed by atoms with Gasteiger partial charge in [-0.3, -0.25) is 4.79 Å². The van der Waals surface area contributed by atoms with Gasteiger partial charge in [-0.1, -0.05) is 24.3 Å². The van der Waals surface area contributed by atoms with E-state index in [-0.39, 0.29) is 11.8 Å². The highest BCUT2D eigenvalue weighted by molar-refractivity contribution is 5.84. The first-order valence-corrected chi connectivity index (χ1v) is 8.41. The fourth-order valence-electron chi connectivity index (χ4n) is 3.72. The fourth-order valence-corrected chi connectivity index (χ4v) is 3.72. The van der Waals surface area contributed by atoms with E-state index in [1.165, 1.54) is 24.0 Å². The lowest BCUT2D eigenvalue weighted by Crippen LogP contribution is -2.35. The van der Waals surface area contributed by atoms with Gasteiger partial charge in [0.05, 0.1) is 5.92 Å². The van der Waals surface area contributed by atoms with Gasteiger partial charge in [-0.25, -0.2) is 0 Å². The molecule has 2 aliphatic rings. The Morgan fingerprint density at radius 2 is 2.14 bits per heavy atom. The molecule has 1 aliphatic heterocycles. The third-order valence-corrected chi connectivity index (χ3v) is 4.94. The number of carbonyl (C=O) groups is 1. The van der Waals surface area contributed by atoms with Crippen molar-refractivity contribution in [2.45, 2.75) is 44.4 Å². The van der Waals surface area contributed by atoms with Crippen LogP contribution in [-0.2, 0) is 11.2 Å². The molecule has 114 valence electrons. The Labute approximate surface area is 127 Å². The zero-order valence-corrected chi connectivity index (χ0v) is 12.7. The average molecular weight is 286 g/mol. The van der Waals surface area contributed by atoms with E-state index in [9.17, 15) is 4.79 Å². The number of fused-ring (bicyclic) bond motifs is 1. The minimum Gasteiger partial charge on any atom is -0.356 e. The monoisotopic (exact) mass is 286 g/mol. The minimum absolute atomic E-state index is 0.0689. The molecule has 3 rings (SSSR count). The Kier molecular flexibility index (Phi) is 4.91. The Morgan fingerprint density at radius 3 is 3.00 bits per heavy atom. The van der Waals surface area contributed by atoms with Crippen molar-refractivity contribution >= 4 is 5.91 Å². The minimum atomic E-state index is 0.0689. The number of aryl methyl sites for hydroxylation is 1. The zero-order valence-electron chi connectivity index (χ0n) is 12.7. The molecule has 1 aromatic carbocycles. The van der Waals surface area contributed by atoms with E-state index >= 15 is 0 Å². The largest absolute Gasteiger partial charge is 0.356 e. The van der Waals surface area contributed by atoms with Crippen molar-refractivity contribution in [1.82, 2.24) is 10.6 Å². The summed E-state index contributed by atoms with van der Waals surface area (Å²) in [6.45, 7) is 3.09. The second-order valence-electron chi connectivity index (χ2n) is 6.44. The van der Waals surface area contributed by atoms with Crippen molar-refractivity contribution in [3.05, 3.63) is 35.4 Å². The van der Waals surface area contributed by atoms with E-state index in [2.05, 4.69) is 34.9 Å². The molecule has 3 heteroatoms. The van der Waals surface area contributed by atoms with Gasteiger partial charge in [-0.05, 0) is 68.7 Å². The number of benzene rings is 1. The summed E-state index contributed by atoms with van der Waals surface area (Å²) in [6.07, 6.45) is 6.92. The van der Waals surface area contributed by atoms with Crippen LogP contribution in [0.3, 0.4) is 0 Å². The number of piperidine rings is 1. The Balaban J connectivity index is 1.51. The molecule has 2 N–H and O–H groups in total. The van der Waals surface area contributed by atoms with Crippen LogP contribution < -0.4 is 10.6 Å². The van der Waals surface area contributed by atoms with Gasteiger partial charge < -0.3 is 10.6 Å². The lowest BCUT2D eigenvalue weighted by Gasteiger charge is -2.26. The molecular weight excluding hydrogens is 260 g/mol. The molecule has 1 aromatic rings. The summed E-state index contributed by atoms with van der Waals surface area (Å²) in [7, 11) is 0. The van der Waals surface area contributed by atoms with E-state index < -0.39 is 0 Å². The van der Waals surface area contributed by atoms with Gasteiger partial charge in [0.1, 0.15) is 0 Å². The van der Waals surface area contributed by atoms with Crippen LogP contribution in [0, 0.1) is 5.92 Å². The molecule has 0 spiro atoms. The number of carbonyl (C=O) groups excluding carboxylic acids is 1. The van der Waals surface area contributed by atoms with Crippen LogP contribution in [0.5, 0.6) is 0 Å². The quantitative estimate of drug-likeness (QED) is 0.893.